The molecule has 2 rings (SSSR count). The average molecular weight is 306 g/mol. The molecule has 0 aliphatic rings. The van der Waals surface area contributed by atoms with E-state index < -0.39 is 10.0 Å². The number of sulfonamides is 1. The van der Waals surface area contributed by atoms with Crippen molar-refractivity contribution in [3.8, 4) is 0 Å². The summed E-state index contributed by atoms with van der Waals surface area (Å²) in [5.74, 6) is -0.223. The number of hydrogen-bond acceptors (Lipinski definition) is 4. The highest BCUT2D eigenvalue weighted by Crippen LogP contribution is 2.13. The molecule has 110 valence electrons. The molecule has 1 aromatic carbocycles. The number of amides is 1. The molecule has 1 amide bonds. The Morgan fingerprint density at radius 2 is 1.95 bits per heavy atom. The van der Waals surface area contributed by atoms with Gasteiger partial charge < -0.3 is 10.3 Å². The standard InChI is InChI=1S/C13H14N4O3S/c1-10(18)16-11-4-6-13(7-5-11)21(19,20)17-15-9-12-3-2-8-14-12/h2-9,14,17H,1H3,(H,16,18)/b15-9-. The molecule has 8 heteroatoms. The van der Waals surface area contributed by atoms with Gasteiger partial charge in [0.2, 0.25) is 5.91 Å². The van der Waals surface area contributed by atoms with Gasteiger partial charge in [-0.15, -0.1) is 0 Å². The molecular weight excluding hydrogens is 292 g/mol. The lowest BCUT2D eigenvalue weighted by Crippen LogP contribution is -2.18. The average Bonchev–Trinajstić information content (AvgIpc) is 2.91. The summed E-state index contributed by atoms with van der Waals surface area (Å²) < 4.78 is 23.9. The Kier molecular flexibility index (Phi) is 4.39. The first kappa shape index (κ1) is 14.8. The molecule has 3 N–H and O–H groups in total. The van der Waals surface area contributed by atoms with E-state index in [1.54, 1.807) is 18.3 Å². The van der Waals surface area contributed by atoms with Crippen LogP contribution in [0.4, 0.5) is 5.69 Å². The molecule has 0 unspecified atom stereocenters. The quantitative estimate of drug-likeness (QED) is 0.572. The summed E-state index contributed by atoms with van der Waals surface area (Å²) in [6.45, 7) is 1.38. The number of H-pyrrole nitrogens is 1. The summed E-state index contributed by atoms with van der Waals surface area (Å²) in [6.07, 6.45) is 3.07. The van der Waals surface area contributed by atoms with Crippen molar-refractivity contribution < 1.29 is 13.2 Å². The summed E-state index contributed by atoms with van der Waals surface area (Å²) in [6, 6.07) is 9.31. The number of nitrogens with zero attached hydrogens (tertiary/aromatic N) is 1. The summed E-state index contributed by atoms with van der Waals surface area (Å²) in [4.78, 5) is 15.9. The Morgan fingerprint density at radius 3 is 2.52 bits per heavy atom. The zero-order chi connectivity index (χ0) is 15.3. The number of hydrazone groups is 1. The minimum atomic E-state index is -3.73. The molecule has 0 atom stereocenters. The zero-order valence-corrected chi connectivity index (χ0v) is 12.0. The number of benzene rings is 1. The molecule has 0 saturated heterocycles. The van der Waals surface area contributed by atoms with Gasteiger partial charge in [-0.25, -0.2) is 4.83 Å². The van der Waals surface area contributed by atoms with Gasteiger partial charge in [-0.05, 0) is 36.4 Å². The van der Waals surface area contributed by atoms with E-state index in [0.29, 0.717) is 11.4 Å². The Balaban J connectivity index is 2.07. The maximum Gasteiger partial charge on any atom is 0.276 e. The summed E-state index contributed by atoms with van der Waals surface area (Å²) in [7, 11) is -3.73. The second kappa shape index (κ2) is 6.23. The molecule has 2 aromatic rings. The third kappa shape index (κ3) is 4.18. The molecule has 0 saturated carbocycles. The van der Waals surface area contributed by atoms with Gasteiger partial charge in [-0.3, -0.25) is 4.79 Å². The monoisotopic (exact) mass is 306 g/mol. The van der Waals surface area contributed by atoms with Gasteiger partial charge in [0.25, 0.3) is 10.0 Å². The van der Waals surface area contributed by atoms with Crippen LogP contribution in [0, 0.1) is 0 Å². The normalized spacial score (nSPS) is 11.5. The first-order valence-corrected chi connectivity index (χ1v) is 7.51. The fourth-order valence-corrected chi connectivity index (χ4v) is 2.35. The van der Waals surface area contributed by atoms with E-state index in [9.17, 15) is 13.2 Å². The highest BCUT2D eigenvalue weighted by atomic mass is 32.2. The van der Waals surface area contributed by atoms with Crippen molar-refractivity contribution in [2.45, 2.75) is 11.8 Å². The van der Waals surface area contributed by atoms with Crippen LogP contribution in [0.15, 0.2) is 52.6 Å². The third-order valence-corrected chi connectivity index (χ3v) is 3.72. The molecule has 0 radical (unpaired) electrons. The molecule has 0 spiro atoms. The van der Waals surface area contributed by atoms with Gasteiger partial charge in [0.05, 0.1) is 16.8 Å². The van der Waals surface area contributed by atoms with Gasteiger partial charge in [0.1, 0.15) is 0 Å². The number of hydrogen-bond donors (Lipinski definition) is 3. The van der Waals surface area contributed by atoms with Crippen molar-refractivity contribution in [1.82, 2.24) is 9.82 Å². The minimum Gasteiger partial charge on any atom is -0.360 e. The lowest BCUT2D eigenvalue weighted by Gasteiger charge is -2.05. The molecule has 0 fully saturated rings. The fraction of sp³-hybridized carbons (Fsp3) is 0.0769. The molecule has 21 heavy (non-hydrogen) atoms. The van der Waals surface area contributed by atoms with Crippen LogP contribution in [-0.2, 0) is 14.8 Å². The highest BCUT2D eigenvalue weighted by Gasteiger charge is 2.12. The highest BCUT2D eigenvalue weighted by molar-refractivity contribution is 7.89. The maximum atomic E-state index is 12.0. The van der Waals surface area contributed by atoms with Gasteiger partial charge in [0.15, 0.2) is 0 Å². The predicted octanol–water partition coefficient (Wildman–Crippen LogP) is 1.29. The molecule has 7 nitrogen and oxygen atoms in total. The van der Waals surface area contributed by atoms with Crippen molar-refractivity contribution in [3.63, 3.8) is 0 Å². The van der Waals surface area contributed by atoms with Crippen LogP contribution in [-0.4, -0.2) is 25.5 Å². The third-order valence-electron chi connectivity index (χ3n) is 2.48. The van der Waals surface area contributed by atoms with E-state index in [4.69, 9.17) is 0 Å². The summed E-state index contributed by atoms with van der Waals surface area (Å²) >= 11 is 0. The van der Waals surface area contributed by atoms with Crippen LogP contribution in [0.3, 0.4) is 0 Å². The van der Waals surface area contributed by atoms with Crippen LogP contribution in [0.1, 0.15) is 12.6 Å². The predicted molar refractivity (Wildman–Crippen MR) is 79.5 cm³/mol. The van der Waals surface area contributed by atoms with E-state index in [1.807, 2.05) is 0 Å². The van der Waals surface area contributed by atoms with Crippen LogP contribution in [0.5, 0.6) is 0 Å². The molecule has 0 aliphatic heterocycles. The van der Waals surface area contributed by atoms with Crippen molar-refractivity contribution in [2.24, 2.45) is 5.10 Å². The Morgan fingerprint density at radius 1 is 1.24 bits per heavy atom. The molecule has 1 heterocycles. The Hall–Kier alpha value is -2.61. The minimum absolute atomic E-state index is 0.0558. The molecular formula is C13H14N4O3S. The SMILES string of the molecule is CC(=O)Nc1ccc(S(=O)(=O)N/N=C\c2ccc[nH]2)cc1. The Labute approximate surface area is 122 Å². The van der Waals surface area contributed by atoms with Gasteiger partial charge >= 0.3 is 0 Å². The number of carbonyl (C=O) groups excluding carboxylic acids is 1. The number of aromatic amines is 1. The number of anilines is 1. The Bertz CT molecular complexity index is 734. The van der Waals surface area contributed by atoms with Gasteiger partial charge in [-0.1, -0.05) is 0 Å². The lowest BCUT2D eigenvalue weighted by molar-refractivity contribution is -0.114. The van der Waals surface area contributed by atoms with Crippen molar-refractivity contribution in [2.75, 3.05) is 5.32 Å². The van der Waals surface area contributed by atoms with Crippen molar-refractivity contribution >= 4 is 27.8 Å². The van der Waals surface area contributed by atoms with Crippen LogP contribution in [0.2, 0.25) is 0 Å². The lowest BCUT2D eigenvalue weighted by atomic mass is 10.3. The van der Waals surface area contributed by atoms with Crippen LogP contribution < -0.4 is 10.1 Å². The van der Waals surface area contributed by atoms with Crippen LogP contribution in [0.25, 0.3) is 0 Å². The summed E-state index contributed by atoms with van der Waals surface area (Å²) in [5, 5.41) is 6.23. The second-order valence-corrected chi connectivity index (χ2v) is 5.84. The van der Waals surface area contributed by atoms with Crippen molar-refractivity contribution in [1.29, 1.82) is 0 Å². The van der Waals surface area contributed by atoms with E-state index in [0.717, 1.165) is 0 Å². The van der Waals surface area contributed by atoms with E-state index in [2.05, 4.69) is 20.2 Å². The first-order valence-electron chi connectivity index (χ1n) is 6.03. The number of carbonyl (C=O) groups is 1. The largest absolute Gasteiger partial charge is 0.360 e. The molecule has 1 aromatic heterocycles. The zero-order valence-electron chi connectivity index (χ0n) is 11.2. The van der Waals surface area contributed by atoms with E-state index >= 15 is 0 Å². The van der Waals surface area contributed by atoms with Crippen LogP contribution >= 0.6 is 0 Å². The number of aromatic nitrogens is 1. The van der Waals surface area contributed by atoms with E-state index in [1.165, 1.54) is 37.4 Å². The topological polar surface area (TPSA) is 103 Å². The fourth-order valence-electron chi connectivity index (χ4n) is 1.56. The van der Waals surface area contributed by atoms with Gasteiger partial charge in [0, 0.05) is 18.8 Å². The number of nitrogens with one attached hydrogen (secondary N) is 3. The second-order valence-electron chi connectivity index (χ2n) is 4.18. The smallest absolute Gasteiger partial charge is 0.276 e. The van der Waals surface area contributed by atoms with Gasteiger partial charge in [-0.2, -0.15) is 13.5 Å². The first-order chi connectivity index (χ1) is 9.97. The van der Waals surface area contributed by atoms with E-state index in [-0.39, 0.29) is 10.8 Å². The van der Waals surface area contributed by atoms with Crippen molar-refractivity contribution in [3.05, 3.63) is 48.3 Å². The summed E-state index contributed by atoms with van der Waals surface area (Å²) in [5.41, 5.74) is 1.20. The molecule has 0 bridgehead atoms. The number of rotatable bonds is 5. The maximum absolute atomic E-state index is 12.0. The molecule has 0 aliphatic carbocycles.